The van der Waals surface area contributed by atoms with E-state index in [9.17, 15) is 19.5 Å². The second-order valence-electron chi connectivity index (χ2n) is 12.8. The topological polar surface area (TPSA) is 82.9 Å². The van der Waals surface area contributed by atoms with Gasteiger partial charge in [-0.1, -0.05) is 103 Å². The molecule has 8 rings (SSSR count). The van der Waals surface area contributed by atoms with Crippen LogP contribution in [0.15, 0.2) is 120 Å². The minimum absolute atomic E-state index is 0.289. The number of aliphatic carboxylic acids is 1. The fourth-order valence-corrected chi connectivity index (χ4v) is 10.4. The maximum atomic E-state index is 13.5. The van der Waals surface area contributed by atoms with Gasteiger partial charge in [0.15, 0.2) is 0 Å². The number of anilines is 2. The lowest BCUT2D eigenvalue weighted by Crippen LogP contribution is -2.35. The highest BCUT2D eigenvalue weighted by atomic mass is 32.2. The zero-order valence-electron chi connectivity index (χ0n) is 29.1. The van der Waals surface area contributed by atoms with Crippen LogP contribution < -0.4 is 19.7 Å². The molecule has 1 fully saturated rings. The molecule has 4 heterocycles. The van der Waals surface area contributed by atoms with Gasteiger partial charge in [0, 0.05) is 34.2 Å². The van der Waals surface area contributed by atoms with Gasteiger partial charge in [0.25, 0.3) is 11.5 Å². The van der Waals surface area contributed by atoms with Crippen LogP contribution in [0.2, 0.25) is 0 Å². The van der Waals surface area contributed by atoms with Gasteiger partial charge in [-0.05, 0) is 95.3 Å². The van der Waals surface area contributed by atoms with Crippen LogP contribution in [0, 0.1) is 0 Å². The fraction of sp³-hybridized carbons (Fsp3) is 0.116. The molecule has 0 bridgehead atoms. The van der Waals surface area contributed by atoms with E-state index in [1.165, 1.54) is 37.4 Å². The van der Waals surface area contributed by atoms with Crippen molar-refractivity contribution in [2.24, 2.45) is 0 Å². The van der Waals surface area contributed by atoms with E-state index in [0.29, 0.717) is 20.1 Å². The fourth-order valence-electron chi connectivity index (χ4n) is 6.79. The summed E-state index contributed by atoms with van der Waals surface area (Å²) in [5.74, 6) is -1.47. The SMILES string of the molecule is CCN1C(=O)/C(=c2/s/c(=C\c3ccc(-c4ccc5c(c4)CCN5c4ccc(C=C(c5ccccc5)c5ccccc5)cc4)s3)c(=O)n2CC(=O)O)SC1=S. The number of thiophene rings is 1. The molecule has 1 N–H and O–H groups in total. The minimum atomic E-state index is -1.16. The van der Waals surface area contributed by atoms with E-state index in [4.69, 9.17) is 12.2 Å². The highest BCUT2D eigenvalue weighted by molar-refractivity contribution is 8.30. The average Bonchev–Trinajstić information content (AvgIpc) is 3.97. The van der Waals surface area contributed by atoms with E-state index >= 15 is 0 Å². The summed E-state index contributed by atoms with van der Waals surface area (Å²) in [6.45, 7) is 2.57. The Kier molecular flexibility index (Phi) is 10.0. The number of thiazole rings is 1. The summed E-state index contributed by atoms with van der Waals surface area (Å²) in [5.41, 5.74) is 8.96. The Morgan fingerprint density at radius 3 is 2.22 bits per heavy atom. The lowest BCUT2D eigenvalue weighted by atomic mass is 9.96. The summed E-state index contributed by atoms with van der Waals surface area (Å²) in [6.07, 6.45) is 4.95. The summed E-state index contributed by atoms with van der Waals surface area (Å²) >= 11 is 9.15. The van der Waals surface area contributed by atoms with Crippen LogP contribution in [0.25, 0.3) is 33.1 Å². The quantitative estimate of drug-likeness (QED) is 0.118. The number of fused-ring (bicyclic) bond motifs is 1. The highest BCUT2D eigenvalue weighted by Crippen LogP contribution is 2.39. The number of hydrogen-bond donors (Lipinski definition) is 1. The number of hydrogen-bond acceptors (Lipinski definition) is 8. The molecule has 4 aromatic carbocycles. The van der Waals surface area contributed by atoms with Crippen LogP contribution >= 0.6 is 46.7 Å². The van der Waals surface area contributed by atoms with E-state index in [0.717, 1.165) is 62.6 Å². The summed E-state index contributed by atoms with van der Waals surface area (Å²) in [5, 5.41) is 9.56. The zero-order valence-corrected chi connectivity index (χ0v) is 32.4. The molecule has 7 nitrogen and oxygen atoms in total. The molecule has 54 heavy (non-hydrogen) atoms. The molecule has 0 saturated carbocycles. The van der Waals surface area contributed by atoms with Crippen molar-refractivity contribution in [1.82, 2.24) is 9.47 Å². The van der Waals surface area contributed by atoms with Gasteiger partial charge in [0.05, 0.1) is 4.53 Å². The van der Waals surface area contributed by atoms with Gasteiger partial charge in [-0.2, -0.15) is 0 Å². The van der Waals surface area contributed by atoms with Gasteiger partial charge in [-0.3, -0.25) is 23.9 Å². The molecule has 0 aliphatic carbocycles. The molecule has 1 saturated heterocycles. The number of carbonyl (C=O) groups excluding carboxylic acids is 1. The third-order valence-electron chi connectivity index (χ3n) is 9.41. The maximum Gasteiger partial charge on any atom is 0.323 e. The Bertz CT molecular complexity index is 2600. The van der Waals surface area contributed by atoms with Crippen LogP contribution in [-0.4, -0.2) is 43.9 Å². The molecule has 0 atom stereocenters. The molecule has 0 spiro atoms. The van der Waals surface area contributed by atoms with Crippen molar-refractivity contribution in [3.63, 3.8) is 0 Å². The lowest BCUT2D eigenvalue weighted by Gasteiger charge is -2.20. The van der Waals surface area contributed by atoms with Gasteiger partial charge < -0.3 is 10.0 Å². The highest BCUT2D eigenvalue weighted by Gasteiger charge is 2.33. The predicted molar refractivity (Wildman–Crippen MR) is 227 cm³/mol. The summed E-state index contributed by atoms with van der Waals surface area (Å²) in [6, 6.07) is 40.3. The first-order valence-electron chi connectivity index (χ1n) is 17.4. The number of nitrogens with zero attached hydrogens (tertiary/aromatic N) is 3. The molecule has 268 valence electrons. The molecular formula is C43H33N3O4S4. The standard InChI is InChI=1S/C43H33N3O4S4/c1-2-44-41(50)39(54-43(44)51)42-46(26-38(47)48)40(49)37(53-42)25-33-18-20-36(52-33)31-15-19-35-30(24-31)21-22-45(35)32-16-13-27(14-17-32)23-34(28-9-5-3-6-10-28)29-11-7-4-8-12-29/h3-20,23-25H,2,21-22,26H2,1H3,(H,47,48)/b37-25-,42-39-. The Morgan fingerprint density at radius 2 is 1.57 bits per heavy atom. The molecule has 0 radical (unpaired) electrons. The first-order valence-corrected chi connectivity index (χ1v) is 20.3. The average molecular weight is 784 g/mol. The van der Waals surface area contributed by atoms with Crippen LogP contribution in [0.1, 0.15) is 34.1 Å². The maximum absolute atomic E-state index is 13.5. The number of rotatable bonds is 9. The molecule has 11 heteroatoms. The van der Waals surface area contributed by atoms with Crippen molar-refractivity contribution in [2.75, 3.05) is 18.0 Å². The van der Waals surface area contributed by atoms with Gasteiger partial charge in [-0.25, -0.2) is 0 Å². The van der Waals surface area contributed by atoms with Crippen molar-refractivity contribution in [3.05, 3.63) is 162 Å². The lowest BCUT2D eigenvalue weighted by molar-refractivity contribution is -0.137. The molecule has 6 aromatic rings. The first-order chi connectivity index (χ1) is 26.3. The molecule has 0 unspecified atom stereocenters. The van der Waals surface area contributed by atoms with Crippen molar-refractivity contribution >= 4 is 96.9 Å². The van der Waals surface area contributed by atoms with Crippen molar-refractivity contribution in [2.45, 2.75) is 19.9 Å². The largest absolute Gasteiger partial charge is 0.480 e. The number of thiocarbonyl (C=S) groups is 1. The Labute approximate surface area is 329 Å². The van der Waals surface area contributed by atoms with Crippen LogP contribution in [0.4, 0.5) is 11.4 Å². The number of benzene rings is 4. The third kappa shape index (κ3) is 7.03. The number of carboxylic acids is 1. The van der Waals surface area contributed by atoms with Crippen LogP contribution in [0.3, 0.4) is 0 Å². The predicted octanol–water partition coefficient (Wildman–Crippen LogP) is 7.82. The van der Waals surface area contributed by atoms with Gasteiger partial charge in [0.2, 0.25) is 0 Å². The Morgan fingerprint density at radius 1 is 0.870 bits per heavy atom. The van der Waals surface area contributed by atoms with Crippen molar-refractivity contribution in [1.29, 1.82) is 0 Å². The van der Waals surface area contributed by atoms with Crippen molar-refractivity contribution in [3.8, 4) is 10.4 Å². The van der Waals surface area contributed by atoms with Gasteiger partial charge in [-0.15, -0.1) is 22.7 Å². The molecule has 2 aliphatic rings. The minimum Gasteiger partial charge on any atom is -0.480 e. The molecular weight excluding hydrogens is 751 g/mol. The smallest absolute Gasteiger partial charge is 0.323 e. The van der Waals surface area contributed by atoms with Crippen molar-refractivity contribution < 1.29 is 14.7 Å². The number of amides is 1. The molecule has 1 amide bonds. The summed E-state index contributed by atoms with van der Waals surface area (Å²) in [4.78, 5) is 44.2. The Balaban J connectivity index is 1.05. The number of carbonyl (C=O) groups is 2. The molecule has 2 aromatic heterocycles. The van der Waals surface area contributed by atoms with E-state index in [-0.39, 0.29) is 10.8 Å². The van der Waals surface area contributed by atoms with Crippen LogP contribution in [-0.2, 0) is 22.6 Å². The van der Waals surface area contributed by atoms with E-state index in [2.05, 4.69) is 102 Å². The van der Waals surface area contributed by atoms with Gasteiger partial charge >= 0.3 is 5.97 Å². The Hall–Kier alpha value is -5.33. The van der Waals surface area contributed by atoms with Crippen LogP contribution in [0.5, 0.6) is 0 Å². The number of carboxylic acid groups (broad SMARTS) is 1. The normalized spacial score (nSPS) is 15.2. The second-order valence-corrected chi connectivity index (χ2v) is 16.6. The summed E-state index contributed by atoms with van der Waals surface area (Å²) in [7, 11) is 0. The van der Waals surface area contributed by atoms with E-state index in [1.54, 1.807) is 17.4 Å². The first kappa shape index (κ1) is 35.7. The third-order valence-corrected chi connectivity index (χ3v) is 13.2. The zero-order chi connectivity index (χ0) is 37.3. The molecule has 2 aliphatic heterocycles. The van der Waals surface area contributed by atoms with E-state index in [1.807, 2.05) is 31.2 Å². The second kappa shape index (κ2) is 15.2. The summed E-state index contributed by atoms with van der Waals surface area (Å²) < 4.78 is 2.24. The van der Waals surface area contributed by atoms with Gasteiger partial charge in [0.1, 0.15) is 20.4 Å². The number of aromatic nitrogens is 1. The monoisotopic (exact) mass is 783 g/mol. The number of thioether (sulfide) groups is 1. The van der Waals surface area contributed by atoms with E-state index < -0.39 is 18.1 Å².